The van der Waals surface area contributed by atoms with Gasteiger partial charge in [0.05, 0.1) is 12.1 Å². The zero-order chi connectivity index (χ0) is 26.7. The zero-order valence-electron chi connectivity index (χ0n) is 21.5. The molecule has 4 aromatic carbocycles. The van der Waals surface area contributed by atoms with Crippen molar-refractivity contribution in [1.82, 2.24) is 9.97 Å². The highest BCUT2D eigenvalue weighted by molar-refractivity contribution is 6.22. The third-order valence-electron chi connectivity index (χ3n) is 8.02. The third kappa shape index (κ3) is 3.29. The highest BCUT2D eigenvalue weighted by Gasteiger charge is 2.36. The van der Waals surface area contributed by atoms with Crippen LogP contribution in [0.3, 0.4) is 0 Å². The van der Waals surface area contributed by atoms with Gasteiger partial charge in [0.1, 0.15) is 6.07 Å². The summed E-state index contributed by atoms with van der Waals surface area (Å²) in [4.78, 5) is 12.5. The summed E-state index contributed by atoms with van der Waals surface area (Å²) >= 11 is 0. The zero-order valence-corrected chi connectivity index (χ0v) is 21.5. The van der Waals surface area contributed by atoms with E-state index in [4.69, 9.17) is 6.57 Å². The summed E-state index contributed by atoms with van der Waals surface area (Å²) in [6.07, 6.45) is 6.89. The van der Waals surface area contributed by atoms with Crippen molar-refractivity contribution in [2.45, 2.75) is 19.3 Å². The molecule has 6 aromatic rings. The second-order valence-electron chi connectivity index (χ2n) is 10.5. The molecular formula is C35H22N4. The molecule has 0 saturated carbocycles. The first-order valence-corrected chi connectivity index (χ1v) is 12.8. The molecule has 7 rings (SSSR count). The molecule has 182 valence electrons. The molecule has 0 atom stereocenters. The van der Waals surface area contributed by atoms with E-state index in [2.05, 4.69) is 83.3 Å². The molecule has 0 radical (unpaired) electrons. The van der Waals surface area contributed by atoms with Crippen LogP contribution in [0.1, 0.15) is 30.5 Å². The van der Waals surface area contributed by atoms with Crippen molar-refractivity contribution in [2.24, 2.45) is 0 Å². The highest BCUT2D eigenvalue weighted by atomic mass is 14.7. The van der Waals surface area contributed by atoms with E-state index in [0.29, 0.717) is 11.3 Å². The van der Waals surface area contributed by atoms with Crippen LogP contribution < -0.4 is 0 Å². The Kier molecular flexibility index (Phi) is 4.89. The molecule has 1 aliphatic rings. The first kappa shape index (κ1) is 22.8. The second kappa shape index (κ2) is 8.35. The van der Waals surface area contributed by atoms with Gasteiger partial charge in [-0.3, -0.25) is 9.97 Å². The van der Waals surface area contributed by atoms with Crippen LogP contribution in [0.4, 0.5) is 5.69 Å². The minimum atomic E-state index is -0.165. The van der Waals surface area contributed by atoms with Gasteiger partial charge in [-0.1, -0.05) is 62.4 Å². The van der Waals surface area contributed by atoms with Crippen molar-refractivity contribution in [2.75, 3.05) is 0 Å². The third-order valence-corrected chi connectivity index (χ3v) is 8.02. The Balaban J connectivity index is 1.71. The van der Waals surface area contributed by atoms with Crippen LogP contribution in [0, 0.1) is 17.9 Å². The summed E-state index contributed by atoms with van der Waals surface area (Å²) in [5, 5.41) is 14.0. The standard InChI is InChI=1S/C35H22N4/c1-35(2)31-11-7-6-8-25(31)28-14-29-30(15-32(28)35)33(22-12-21(16-36)17-38-18-22)26-9-4-5-10-27(26)34(29)23-13-24(37-3)20-39-19-23/h4-15,17-20H,1-2H3. The van der Waals surface area contributed by atoms with Crippen molar-refractivity contribution in [3.05, 3.63) is 126 Å². The largest absolute Gasteiger partial charge is 0.276 e. The number of hydrogen-bond donors (Lipinski definition) is 0. The quantitative estimate of drug-likeness (QED) is 0.177. The smallest absolute Gasteiger partial charge is 0.205 e. The highest BCUT2D eigenvalue weighted by Crippen LogP contribution is 2.53. The van der Waals surface area contributed by atoms with Crippen molar-refractivity contribution in [3.8, 4) is 39.4 Å². The van der Waals surface area contributed by atoms with Crippen LogP contribution in [0.25, 0.3) is 59.8 Å². The number of fused-ring (bicyclic) bond motifs is 5. The number of benzene rings is 4. The Bertz CT molecular complexity index is 2070. The molecule has 0 spiro atoms. The SMILES string of the molecule is [C-]#[N+]c1cncc(-c2c3ccccc3c(-c3cncc(C#N)c3)c3cc4c(cc23)-c2ccccc2C4(C)C)c1. The summed E-state index contributed by atoms with van der Waals surface area (Å²) in [7, 11) is 0. The molecule has 0 unspecified atom stereocenters. The maximum absolute atomic E-state index is 9.65. The molecule has 0 fully saturated rings. The minimum Gasteiger partial charge on any atom is -0.276 e. The van der Waals surface area contributed by atoms with Crippen LogP contribution in [-0.2, 0) is 5.41 Å². The number of pyridine rings is 2. The normalized spacial score (nSPS) is 13.0. The molecule has 4 nitrogen and oxygen atoms in total. The number of aromatic nitrogens is 2. The maximum atomic E-state index is 9.65. The summed E-state index contributed by atoms with van der Waals surface area (Å²) in [6.45, 7) is 12.2. The van der Waals surface area contributed by atoms with Gasteiger partial charge in [0.2, 0.25) is 5.69 Å². The van der Waals surface area contributed by atoms with E-state index in [1.165, 1.54) is 22.3 Å². The Hall–Kier alpha value is -5.32. The Morgan fingerprint density at radius 2 is 1.33 bits per heavy atom. The van der Waals surface area contributed by atoms with E-state index in [9.17, 15) is 5.26 Å². The first-order valence-electron chi connectivity index (χ1n) is 12.8. The van der Waals surface area contributed by atoms with Gasteiger partial charge in [-0.2, -0.15) is 5.26 Å². The lowest BCUT2D eigenvalue weighted by molar-refractivity contribution is 0.661. The van der Waals surface area contributed by atoms with E-state index >= 15 is 0 Å². The summed E-state index contributed by atoms with van der Waals surface area (Å²) < 4.78 is 0. The van der Waals surface area contributed by atoms with Crippen molar-refractivity contribution >= 4 is 27.2 Å². The van der Waals surface area contributed by atoms with Crippen molar-refractivity contribution in [1.29, 1.82) is 5.26 Å². The van der Waals surface area contributed by atoms with Gasteiger partial charge in [0, 0.05) is 35.8 Å². The van der Waals surface area contributed by atoms with Gasteiger partial charge < -0.3 is 0 Å². The monoisotopic (exact) mass is 498 g/mol. The fourth-order valence-corrected chi connectivity index (χ4v) is 6.26. The fraction of sp³-hybridized carbons (Fsp3) is 0.0857. The van der Waals surface area contributed by atoms with E-state index in [1.54, 1.807) is 12.4 Å². The molecule has 0 aliphatic heterocycles. The number of rotatable bonds is 2. The molecular weight excluding hydrogens is 476 g/mol. The van der Waals surface area contributed by atoms with Crippen LogP contribution in [0.2, 0.25) is 0 Å². The molecule has 39 heavy (non-hydrogen) atoms. The Labute approximate surface area is 226 Å². The molecule has 0 amide bonds. The van der Waals surface area contributed by atoms with Gasteiger partial charge in [-0.15, -0.1) is 0 Å². The van der Waals surface area contributed by atoms with Crippen molar-refractivity contribution in [3.63, 3.8) is 0 Å². The number of nitriles is 1. The van der Waals surface area contributed by atoms with Crippen LogP contribution in [0.15, 0.2) is 97.6 Å². The lowest BCUT2D eigenvalue weighted by Gasteiger charge is -2.23. The number of nitrogens with zero attached hydrogens (tertiary/aromatic N) is 4. The maximum Gasteiger partial charge on any atom is 0.205 e. The number of hydrogen-bond acceptors (Lipinski definition) is 3. The van der Waals surface area contributed by atoms with E-state index in [1.807, 2.05) is 36.7 Å². The van der Waals surface area contributed by atoms with Gasteiger partial charge in [0.25, 0.3) is 0 Å². The van der Waals surface area contributed by atoms with E-state index < -0.39 is 0 Å². The van der Waals surface area contributed by atoms with Gasteiger partial charge >= 0.3 is 0 Å². The first-order chi connectivity index (χ1) is 19.0. The lowest BCUT2D eigenvalue weighted by Crippen LogP contribution is -2.14. The van der Waals surface area contributed by atoms with E-state index in [0.717, 1.165) is 43.8 Å². The average Bonchev–Trinajstić information content (AvgIpc) is 3.20. The lowest BCUT2D eigenvalue weighted by atomic mass is 9.79. The Morgan fingerprint density at radius 3 is 2.05 bits per heavy atom. The predicted octanol–water partition coefficient (Wildman–Crippen LogP) is 8.85. The topological polar surface area (TPSA) is 53.9 Å². The molecule has 0 N–H and O–H groups in total. The minimum absolute atomic E-state index is 0.165. The molecule has 0 saturated heterocycles. The summed E-state index contributed by atoms with van der Waals surface area (Å²) in [5.74, 6) is 0. The summed E-state index contributed by atoms with van der Waals surface area (Å²) in [5.41, 5.74) is 9.85. The molecule has 2 heterocycles. The summed E-state index contributed by atoms with van der Waals surface area (Å²) in [6, 6.07) is 27.7. The molecule has 2 aromatic heterocycles. The average molecular weight is 499 g/mol. The molecule has 0 bridgehead atoms. The van der Waals surface area contributed by atoms with Gasteiger partial charge in [-0.25, -0.2) is 4.85 Å². The second-order valence-corrected chi connectivity index (χ2v) is 10.5. The fourth-order valence-electron chi connectivity index (χ4n) is 6.26. The van der Waals surface area contributed by atoms with Crippen molar-refractivity contribution < 1.29 is 0 Å². The van der Waals surface area contributed by atoms with Gasteiger partial charge in [0.15, 0.2) is 0 Å². The van der Waals surface area contributed by atoms with Crippen LogP contribution in [-0.4, -0.2) is 9.97 Å². The molecule has 4 heteroatoms. The van der Waals surface area contributed by atoms with Crippen LogP contribution >= 0.6 is 0 Å². The predicted molar refractivity (Wildman–Crippen MR) is 156 cm³/mol. The molecule has 1 aliphatic carbocycles. The van der Waals surface area contributed by atoms with E-state index in [-0.39, 0.29) is 5.41 Å². The Morgan fingerprint density at radius 1 is 0.692 bits per heavy atom. The van der Waals surface area contributed by atoms with Crippen LogP contribution in [0.5, 0.6) is 0 Å². The van der Waals surface area contributed by atoms with Gasteiger partial charge in [-0.05, 0) is 84.8 Å².